The zero-order chi connectivity index (χ0) is 14.3. The average molecular weight is 263 g/mol. The first-order valence-corrected chi connectivity index (χ1v) is 6.76. The van der Waals surface area contributed by atoms with Crippen LogP contribution < -0.4 is 0 Å². The first-order chi connectivity index (χ1) is 9.63. The van der Waals surface area contributed by atoms with E-state index in [4.69, 9.17) is 0 Å². The normalized spacial score (nSPS) is 10.9. The van der Waals surface area contributed by atoms with Crippen molar-refractivity contribution < 1.29 is 4.79 Å². The summed E-state index contributed by atoms with van der Waals surface area (Å²) in [7, 11) is 0. The third-order valence-electron chi connectivity index (χ3n) is 3.94. The van der Waals surface area contributed by atoms with E-state index in [1.165, 1.54) is 0 Å². The van der Waals surface area contributed by atoms with Crippen molar-refractivity contribution in [2.75, 3.05) is 0 Å². The lowest BCUT2D eigenvalue weighted by atomic mass is 9.99. The molecule has 20 heavy (non-hydrogen) atoms. The van der Waals surface area contributed by atoms with Gasteiger partial charge in [-0.1, -0.05) is 36.4 Å². The van der Waals surface area contributed by atoms with E-state index < -0.39 is 0 Å². The summed E-state index contributed by atoms with van der Waals surface area (Å²) in [5.74, 6) is 0. The molecule has 3 rings (SSSR count). The van der Waals surface area contributed by atoms with Crippen LogP contribution in [0.15, 0.2) is 36.4 Å². The van der Waals surface area contributed by atoms with E-state index in [0.29, 0.717) is 0 Å². The van der Waals surface area contributed by atoms with Crippen LogP contribution in [0.2, 0.25) is 0 Å². The number of H-pyrrole nitrogens is 1. The van der Waals surface area contributed by atoms with Gasteiger partial charge in [0.2, 0.25) is 0 Å². The van der Waals surface area contributed by atoms with Gasteiger partial charge in [-0.25, -0.2) is 0 Å². The van der Waals surface area contributed by atoms with Crippen molar-refractivity contribution in [2.45, 2.75) is 20.8 Å². The fraction of sp³-hybridized carbons (Fsp3) is 0.167. The lowest BCUT2D eigenvalue weighted by molar-refractivity contribution is 0.112. The SMILES string of the molecule is Cc1ccccc1-c1[nH]c2c(C)ccc(C)c2c1C=O. The second-order valence-electron chi connectivity index (χ2n) is 5.30. The summed E-state index contributed by atoms with van der Waals surface area (Å²) in [5, 5.41) is 1.04. The van der Waals surface area contributed by atoms with E-state index in [-0.39, 0.29) is 0 Å². The Bertz CT molecular complexity index is 812. The minimum atomic E-state index is 0.760. The molecule has 2 nitrogen and oxygen atoms in total. The minimum absolute atomic E-state index is 0.760. The first kappa shape index (κ1) is 12.7. The summed E-state index contributed by atoms with van der Waals surface area (Å²) < 4.78 is 0. The van der Waals surface area contributed by atoms with Crippen LogP contribution in [-0.2, 0) is 0 Å². The maximum absolute atomic E-state index is 11.6. The predicted molar refractivity (Wildman–Crippen MR) is 83.3 cm³/mol. The van der Waals surface area contributed by atoms with Gasteiger partial charge in [0, 0.05) is 22.0 Å². The number of nitrogens with one attached hydrogen (secondary N) is 1. The van der Waals surface area contributed by atoms with Crippen molar-refractivity contribution >= 4 is 17.2 Å². The quantitative estimate of drug-likeness (QED) is 0.675. The van der Waals surface area contributed by atoms with Gasteiger partial charge in [-0.05, 0) is 37.5 Å². The van der Waals surface area contributed by atoms with Crippen molar-refractivity contribution in [1.29, 1.82) is 0 Å². The Hall–Kier alpha value is -2.35. The van der Waals surface area contributed by atoms with Gasteiger partial charge in [-0.15, -0.1) is 0 Å². The number of aldehydes is 1. The highest BCUT2D eigenvalue weighted by molar-refractivity contribution is 6.06. The maximum Gasteiger partial charge on any atom is 0.152 e. The molecule has 0 spiro atoms. The average Bonchev–Trinajstić information content (AvgIpc) is 2.84. The molecule has 0 aliphatic heterocycles. The standard InChI is InChI=1S/C18H17NO/c1-11-6-4-5-7-14(11)18-15(10-20)16-12(2)8-9-13(3)17(16)19-18/h4-10,19H,1-3H3. The largest absolute Gasteiger partial charge is 0.354 e. The van der Waals surface area contributed by atoms with Gasteiger partial charge in [0.25, 0.3) is 0 Å². The molecule has 100 valence electrons. The van der Waals surface area contributed by atoms with E-state index in [9.17, 15) is 4.79 Å². The van der Waals surface area contributed by atoms with Crippen LogP contribution in [0.5, 0.6) is 0 Å². The number of fused-ring (bicyclic) bond motifs is 1. The number of carbonyl (C=O) groups is 1. The Labute approximate surface area is 118 Å². The fourth-order valence-corrected chi connectivity index (χ4v) is 2.82. The number of aromatic amines is 1. The number of hydrogen-bond acceptors (Lipinski definition) is 1. The molecule has 0 bridgehead atoms. The summed E-state index contributed by atoms with van der Waals surface area (Å²) in [6.45, 7) is 6.17. The van der Waals surface area contributed by atoms with Crippen molar-refractivity contribution in [1.82, 2.24) is 4.98 Å². The molecule has 1 aromatic heterocycles. The zero-order valence-electron chi connectivity index (χ0n) is 11.9. The zero-order valence-corrected chi connectivity index (χ0v) is 11.9. The Balaban J connectivity index is 2.44. The monoisotopic (exact) mass is 263 g/mol. The molecule has 0 radical (unpaired) electrons. The molecule has 1 heterocycles. The number of benzene rings is 2. The molecule has 0 saturated carbocycles. The van der Waals surface area contributed by atoms with Crippen LogP contribution in [0.1, 0.15) is 27.0 Å². The second kappa shape index (κ2) is 4.64. The van der Waals surface area contributed by atoms with Gasteiger partial charge in [0.15, 0.2) is 6.29 Å². The molecule has 1 N–H and O–H groups in total. The van der Waals surface area contributed by atoms with E-state index in [0.717, 1.165) is 50.7 Å². The van der Waals surface area contributed by atoms with E-state index in [2.05, 4.69) is 43.1 Å². The predicted octanol–water partition coefficient (Wildman–Crippen LogP) is 4.57. The molecule has 3 aromatic rings. The third-order valence-corrected chi connectivity index (χ3v) is 3.94. The molecule has 0 saturated heterocycles. The molecule has 0 aliphatic carbocycles. The summed E-state index contributed by atoms with van der Waals surface area (Å²) in [6, 6.07) is 12.3. The Morgan fingerprint density at radius 2 is 1.60 bits per heavy atom. The first-order valence-electron chi connectivity index (χ1n) is 6.76. The number of aromatic nitrogens is 1. The van der Waals surface area contributed by atoms with Crippen LogP contribution in [0.4, 0.5) is 0 Å². The van der Waals surface area contributed by atoms with Crippen LogP contribution >= 0.6 is 0 Å². The van der Waals surface area contributed by atoms with Gasteiger partial charge >= 0.3 is 0 Å². The van der Waals surface area contributed by atoms with Crippen molar-refractivity contribution in [3.63, 3.8) is 0 Å². The molecule has 0 amide bonds. The van der Waals surface area contributed by atoms with Gasteiger partial charge in [-0.2, -0.15) is 0 Å². The molecule has 0 unspecified atom stereocenters. The fourth-order valence-electron chi connectivity index (χ4n) is 2.82. The van der Waals surface area contributed by atoms with Gasteiger partial charge in [0.1, 0.15) is 0 Å². The van der Waals surface area contributed by atoms with E-state index in [1.54, 1.807) is 0 Å². The maximum atomic E-state index is 11.6. The summed E-state index contributed by atoms with van der Waals surface area (Å²) >= 11 is 0. The molecule has 0 aliphatic rings. The van der Waals surface area contributed by atoms with E-state index in [1.807, 2.05) is 19.1 Å². The van der Waals surface area contributed by atoms with Crippen LogP contribution in [0.3, 0.4) is 0 Å². The Morgan fingerprint density at radius 1 is 0.900 bits per heavy atom. The number of rotatable bonds is 2. The van der Waals surface area contributed by atoms with Gasteiger partial charge < -0.3 is 4.98 Å². The highest BCUT2D eigenvalue weighted by Crippen LogP contribution is 2.34. The van der Waals surface area contributed by atoms with E-state index >= 15 is 0 Å². The van der Waals surface area contributed by atoms with Gasteiger partial charge in [-0.3, -0.25) is 4.79 Å². The molecule has 2 aromatic carbocycles. The molecule has 2 heteroatoms. The lowest BCUT2D eigenvalue weighted by Crippen LogP contribution is -1.88. The van der Waals surface area contributed by atoms with Crippen molar-refractivity contribution in [3.05, 3.63) is 58.7 Å². The van der Waals surface area contributed by atoms with Gasteiger partial charge in [0.05, 0.1) is 5.69 Å². The smallest absolute Gasteiger partial charge is 0.152 e. The molecular weight excluding hydrogens is 246 g/mol. The number of carbonyl (C=O) groups excluding carboxylic acids is 1. The molecule has 0 fully saturated rings. The third kappa shape index (κ3) is 1.76. The summed E-state index contributed by atoms with van der Waals surface area (Å²) in [5.41, 5.74) is 7.28. The van der Waals surface area contributed by atoms with Crippen LogP contribution in [0.25, 0.3) is 22.2 Å². The minimum Gasteiger partial charge on any atom is -0.354 e. The Morgan fingerprint density at radius 3 is 2.30 bits per heavy atom. The van der Waals surface area contributed by atoms with Crippen LogP contribution in [0, 0.1) is 20.8 Å². The molecular formula is C18H17NO. The number of aryl methyl sites for hydroxylation is 3. The second-order valence-corrected chi connectivity index (χ2v) is 5.30. The number of hydrogen-bond donors (Lipinski definition) is 1. The van der Waals surface area contributed by atoms with Crippen LogP contribution in [-0.4, -0.2) is 11.3 Å². The molecule has 0 atom stereocenters. The van der Waals surface area contributed by atoms with Crippen molar-refractivity contribution in [2.24, 2.45) is 0 Å². The highest BCUT2D eigenvalue weighted by Gasteiger charge is 2.16. The Kier molecular flexibility index (Phi) is 2.94. The van der Waals surface area contributed by atoms with Crippen molar-refractivity contribution in [3.8, 4) is 11.3 Å². The lowest BCUT2D eigenvalue weighted by Gasteiger charge is -2.04. The topological polar surface area (TPSA) is 32.9 Å². The summed E-state index contributed by atoms with van der Waals surface area (Å²) in [6.07, 6.45) is 0.965. The summed E-state index contributed by atoms with van der Waals surface area (Å²) in [4.78, 5) is 15.1. The highest BCUT2D eigenvalue weighted by atomic mass is 16.1.